The van der Waals surface area contributed by atoms with Crippen LogP contribution in [-0.2, 0) is 0 Å². The van der Waals surface area contributed by atoms with Crippen LogP contribution in [0.1, 0.15) is 5.56 Å². The molecular formula is C13H10FN3. The van der Waals surface area contributed by atoms with Crippen molar-refractivity contribution in [1.82, 2.24) is 9.97 Å². The van der Waals surface area contributed by atoms with Crippen molar-refractivity contribution in [2.24, 2.45) is 0 Å². The summed E-state index contributed by atoms with van der Waals surface area (Å²) in [4.78, 5) is 8.05. The zero-order chi connectivity index (χ0) is 12.0. The zero-order valence-electron chi connectivity index (χ0n) is 9.24. The normalized spacial score (nSPS) is 11.2. The predicted molar refractivity (Wildman–Crippen MR) is 66.2 cm³/mol. The lowest BCUT2D eigenvalue weighted by molar-refractivity contribution is 0.589. The number of nitrogens with two attached hydrogens (primary N) is 1. The molecule has 0 saturated heterocycles. The van der Waals surface area contributed by atoms with Crippen molar-refractivity contribution >= 4 is 27.6 Å². The van der Waals surface area contributed by atoms with Crippen LogP contribution in [-0.4, -0.2) is 9.97 Å². The molecule has 0 amide bonds. The van der Waals surface area contributed by atoms with Crippen molar-refractivity contribution in [3.8, 4) is 0 Å². The highest BCUT2D eigenvalue weighted by Gasteiger charge is 2.08. The average Bonchev–Trinajstić information content (AvgIpc) is 2.29. The first-order chi connectivity index (χ1) is 8.15. The van der Waals surface area contributed by atoms with Gasteiger partial charge < -0.3 is 5.73 Å². The van der Waals surface area contributed by atoms with Crippen LogP contribution >= 0.6 is 0 Å². The number of nitrogen functional groups attached to an aromatic ring is 1. The molecule has 3 rings (SSSR count). The number of benzene rings is 1. The number of pyridine rings is 2. The van der Waals surface area contributed by atoms with E-state index >= 15 is 0 Å². The maximum atomic E-state index is 13.1. The van der Waals surface area contributed by atoms with Gasteiger partial charge in [0.1, 0.15) is 5.52 Å². The number of anilines is 1. The SMILES string of the molecule is Cc1ccc2c(c1)nc(N)c1nc(F)ccc12. The molecule has 2 N–H and O–H groups in total. The standard InChI is InChI=1S/C13H10FN3/c1-7-2-3-8-9-4-5-11(14)17-12(9)13(15)16-10(8)6-7/h2-6H,1H3,(H2,15,16). The summed E-state index contributed by atoms with van der Waals surface area (Å²) in [6, 6.07) is 8.92. The molecule has 0 bridgehead atoms. The Morgan fingerprint density at radius 1 is 1.06 bits per heavy atom. The van der Waals surface area contributed by atoms with E-state index in [1.165, 1.54) is 6.07 Å². The van der Waals surface area contributed by atoms with Gasteiger partial charge in [-0.1, -0.05) is 12.1 Å². The van der Waals surface area contributed by atoms with Crippen molar-refractivity contribution in [3.63, 3.8) is 0 Å². The van der Waals surface area contributed by atoms with Crippen molar-refractivity contribution in [2.45, 2.75) is 6.92 Å². The Kier molecular flexibility index (Phi) is 1.98. The molecule has 84 valence electrons. The van der Waals surface area contributed by atoms with Crippen LogP contribution in [0.25, 0.3) is 21.8 Å². The molecule has 0 fully saturated rings. The smallest absolute Gasteiger partial charge is 0.213 e. The number of hydrogen-bond acceptors (Lipinski definition) is 3. The van der Waals surface area contributed by atoms with Gasteiger partial charge in [-0.15, -0.1) is 0 Å². The molecular weight excluding hydrogens is 217 g/mol. The molecule has 0 aliphatic rings. The molecule has 0 aliphatic heterocycles. The summed E-state index contributed by atoms with van der Waals surface area (Å²) in [5.41, 5.74) is 8.14. The highest BCUT2D eigenvalue weighted by Crippen LogP contribution is 2.27. The number of aryl methyl sites for hydroxylation is 1. The fraction of sp³-hybridized carbons (Fsp3) is 0.0769. The number of aromatic nitrogens is 2. The molecule has 0 spiro atoms. The van der Waals surface area contributed by atoms with E-state index in [9.17, 15) is 4.39 Å². The van der Waals surface area contributed by atoms with Crippen LogP contribution < -0.4 is 5.73 Å². The second kappa shape index (κ2) is 3.38. The Hall–Kier alpha value is -2.23. The van der Waals surface area contributed by atoms with Gasteiger partial charge in [0, 0.05) is 10.8 Å². The molecule has 0 radical (unpaired) electrons. The minimum absolute atomic E-state index is 0.262. The van der Waals surface area contributed by atoms with E-state index < -0.39 is 5.95 Å². The lowest BCUT2D eigenvalue weighted by atomic mass is 10.1. The van der Waals surface area contributed by atoms with Gasteiger partial charge in [-0.3, -0.25) is 0 Å². The van der Waals surface area contributed by atoms with Gasteiger partial charge in [-0.2, -0.15) is 4.39 Å². The van der Waals surface area contributed by atoms with E-state index in [0.29, 0.717) is 5.52 Å². The van der Waals surface area contributed by atoms with Crippen LogP contribution in [0.5, 0.6) is 0 Å². The fourth-order valence-electron chi connectivity index (χ4n) is 1.99. The van der Waals surface area contributed by atoms with Crippen molar-refractivity contribution < 1.29 is 4.39 Å². The van der Waals surface area contributed by atoms with Crippen molar-refractivity contribution in [3.05, 3.63) is 41.8 Å². The molecule has 0 aliphatic carbocycles. The second-order valence-corrected chi connectivity index (χ2v) is 4.05. The summed E-state index contributed by atoms with van der Waals surface area (Å²) in [5, 5.41) is 1.77. The van der Waals surface area contributed by atoms with E-state index in [1.807, 2.05) is 25.1 Å². The van der Waals surface area contributed by atoms with E-state index in [4.69, 9.17) is 5.73 Å². The third kappa shape index (κ3) is 1.49. The van der Waals surface area contributed by atoms with Crippen molar-refractivity contribution in [2.75, 3.05) is 5.73 Å². The largest absolute Gasteiger partial charge is 0.382 e. The summed E-state index contributed by atoms with van der Waals surface area (Å²) >= 11 is 0. The van der Waals surface area contributed by atoms with Crippen LogP contribution in [0.2, 0.25) is 0 Å². The van der Waals surface area contributed by atoms with Gasteiger partial charge in [-0.25, -0.2) is 9.97 Å². The molecule has 3 nitrogen and oxygen atoms in total. The zero-order valence-corrected chi connectivity index (χ0v) is 9.24. The summed E-state index contributed by atoms with van der Waals surface area (Å²) in [6.45, 7) is 1.99. The predicted octanol–water partition coefficient (Wildman–Crippen LogP) is 2.81. The number of hydrogen-bond donors (Lipinski definition) is 1. The molecule has 0 atom stereocenters. The summed E-state index contributed by atoms with van der Waals surface area (Å²) in [7, 11) is 0. The number of fused-ring (bicyclic) bond motifs is 3. The third-order valence-electron chi connectivity index (χ3n) is 2.79. The molecule has 4 heteroatoms. The van der Waals surface area contributed by atoms with Crippen LogP contribution in [0, 0.1) is 12.9 Å². The summed E-state index contributed by atoms with van der Waals surface area (Å²) < 4.78 is 13.1. The van der Waals surface area contributed by atoms with Crippen LogP contribution in [0.15, 0.2) is 30.3 Å². The minimum Gasteiger partial charge on any atom is -0.382 e. The highest BCUT2D eigenvalue weighted by atomic mass is 19.1. The maximum Gasteiger partial charge on any atom is 0.213 e. The van der Waals surface area contributed by atoms with E-state index in [1.54, 1.807) is 6.07 Å². The second-order valence-electron chi connectivity index (χ2n) is 4.05. The quantitative estimate of drug-likeness (QED) is 0.474. The van der Waals surface area contributed by atoms with Gasteiger partial charge in [0.25, 0.3) is 0 Å². The molecule has 0 saturated carbocycles. The lowest BCUT2D eigenvalue weighted by Gasteiger charge is -2.06. The van der Waals surface area contributed by atoms with E-state index in [2.05, 4.69) is 9.97 Å². The van der Waals surface area contributed by atoms with Gasteiger partial charge in [0.15, 0.2) is 5.82 Å². The van der Waals surface area contributed by atoms with Gasteiger partial charge >= 0.3 is 0 Å². The van der Waals surface area contributed by atoms with Crippen LogP contribution in [0.4, 0.5) is 10.2 Å². The Balaban J connectivity index is 2.55. The van der Waals surface area contributed by atoms with E-state index in [-0.39, 0.29) is 5.82 Å². The number of nitrogens with zero attached hydrogens (tertiary/aromatic N) is 2. The molecule has 17 heavy (non-hydrogen) atoms. The van der Waals surface area contributed by atoms with E-state index in [0.717, 1.165) is 21.9 Å². The molecule has 1 aromatic carbocycles. The maximum absolute atomic E-state index is 13.1. The van der Waals surface area contributed by atoms with Gasteiger partial charge in [0.2, 0.25) is 5.95 Å². The number of rotatable bonds is 0. The Labute approximate surface area is 97.1 Å². The van der Waals surface area contributed by atoms with Crippen molar-refractivity contribution in [1.29, 1.82) is 0 Å². The first-order valence-electron chi connectivity index (χ1n) is 5.27. The number of halogens is 1. The molecule has 0 unspecified atom stereocenters. The topological polar surface area (TPSA) is 51.8 Å². The average molecular weight is 227 g/mol. The Bertz CT molecular complexity index is 737. The highest BCUT2D eigenvalue weighted by molar-refractivity contribution is 6.07. The Morgan fingerprint density at radius 2 is 1.82 bits per heavy atom. The minimum atomic E-state index is -0.544. The molecule has 2 heterocycles. The van der Waals surface area contributed by atoms with Crippen LogP contribution in [0.3, 0.4) is 0 Å². The molecule has 3 aromatic rings. The van der Waals surface area contributed by atoms with Gasteiger partial charge in [-0.05, 0) is 30.7 Å². The first-order valence-corrected chi connectivity index (χ1v) is 5.27. The Morgan fingerprint density at radius 3 is 2.65 bits per heavy atom. The lowest BCUT2D eigenvalue weighted by Crippen LogP contribution is -1.96. The first kappa shape index (κ1) is 9.96. The third-order valence-corrected chi connectivity index (χ3v) is 2.79. The summed E-state index contributed by atoms with van der Waals surface area (Å²) in [5.74, 6) is -0.282. The molecule has 2 aromatic heterocycles. The van der Waals surface area contributed by atoms with Gasteiger partial charge in [0.05, 0.1) is 5.52 Å². The monoisotopic (exact) mass is 227 g/mol. The summed E-state index contributed by atoms with van der Waals surface area (Å²) in [6.07, 6.45) is 0. The fourth-order valence-corrected chi connectivity index (χ4v) is 1.99.